The Bertz CT molecular complexity index is 1090. The molecule has 27 heavy (non-hydrogen) atoms. The number of guanidine groups is 1. The van der Waals surface area contributed by atoms with E-state index < -0.39 is 6.17 Å². The molecule has 1 aromatic carbocycles. The Kier molecular flexibility index (Phi) is 3.74. The van der Waals surface area contributed by atoms with Gasteiger partial charge in [-0.1, -0.05) is 18.2 Å². The van der Waals surface area contributed by atoms with E-state index in [4.69, 9.17) is 4.99 Å². The minimum atomic E-state index is -0.435. The molecule has 1 atom stereocenters. The lowest BCUT2D eigenvalue weighted by Crippen LogP contribution is -2.45. The lowest BCUT2D eigenvalue weighted by molar-refractivity contribution is 0.336. The monoisotopic (exact) mass is 362 g/mol. The number of anilines is 1. The molecule has 5 rings (SSSR count). The predicted molar refractivity (Wildman–Crippen MR) is 106 cm³/mol. The average molecular weight is 362 g/mol. The molecule has 0 spiro atoms. The summed E-state index contributed by atoms with van der Waals surface area (Å²) in [6.45, 7) is 3.79. The van der Waals surface area contributed by atoms with Crippen LogP contribution >= 0.6 is 0 Å². The zero-order chi connectivity index (χ0) is 18.4. The number of hydrogen-bond acceptors (Lipinski definition) is 5. The number of piperidine rings is 1. The molecule has 2 aromatic heterocycles. The predicted octanol–water partition coefficient (Wildman–Crippen LogP) is 2.85. The van der Waals surface area contributed by atoms with Crippen LogP contribution in [0.15, 0.2) is 46.3 Å². The summed E-state index contributed by atoms with van der Waals surface area (Å²) < 4.78 is 1.65. The highest BCUT2D eigenvalue weighted by Crippen LogP contribution is 2.31. The molecule has 1 fully saturated rings. The van der Waals surface area contributed by atoms with Crippen LogP contribution in [0.2, 0.25) is 0 Å². The van der Waals surface area contributed by atoms with Gasteiger partial charge < -0.3 is 9.88 Å². The van der Waals surface area contributed by atoms with Gasteiger partial charge in [0.25, 0.3) is 5.56 Å². The van der Waals surface area contributed by atoms with E-state index in [1.54, 1.807) is 10.6 Å². The van der Waals surface area contributed by atoms with Crippen LogP contribution in [0, 0.1) is 6.92 Å². The summed E-state index contributed by atoms with van der Waals surface area (Å²) in [6, 6.07) is 9.66. The van der Waals surface area contributed by atoms with E-state index in [2.05, 4.69) is 26.3 Å². The van der Waals surface area contributed by atoms with Crippen molar-refractivity contribution < 1.29 is 0 Å². The quantitative estimate of drug-likeness (QED) is 0.698. The second kappa shape index (κ2) is 6.26. The molecule has 0 bridgehead atoms. The topological polar surface area (TPSA) is 78.3 Å². The van der Waals surface area contributed by atoms with Crippen LogP contribution in [0.1, 0.15) is 36.7 Å². The van der Waals surface area contributed by atoms with E-state index in [1.165, 1.54) is 6.42 Å². The van der Waals surface area contributed by atoms with Crippen LogP contribution in [0.4, 0.5) is 5.95 Å². The van der Waals surface area contributed by atoms with Gasteiger partial charge in [0, 0.05) is 47.5 Å². The summed E-state index contributed by atoms with van der Waals surface area (Å²) >= 11 is 0. The Labute approximate surface area is 156 Å². The van der Waals surface area contributed by atoms with Crippen LogP contribution in [-0.4, -0.2) is 38.5 Å². The van der Waals surface area contributed by atoms with Gasteiger partial charge in [0.15, 0.2) is 6.17 Å². The van der Waals surface area contributed by atoms with Crippen LogP contribution in [0.5, 0.6) is 0 Å². The number of likely N-dealkylation sites (tertiary alicyclic amines) is 1. The number of nitrogens with zero attached hydrogens (tertiary/aromatic N) is 4. The number of nitrogens with one attached hydrogen (secondary N) is 2. The fraction of sp³-hybridized carbons (Fsp3) is 0.350. The first-order valence-corrected chi connectivity index (χ1v) is 9.47. The SMILES string of the molecule is Cc1cc(=O)n2c(n1)NC(N1CCCCC1)=N[C@@H]2c1c[nH]c2ccccc12. The summed E-state index contributed by atoms with van der Waals surface area (Å²) in [6.07, 6.45) is 5.09. The zero-order valence-electron chi connectivity index (χ0n) is 15.3. The van der Waals surface area contributed by atoms with Crippen molar-refractivity contribution in [1.82, 2.24) is 19.4 Å². The zero-order valence-corrected chi connectivity index (χ0v) is 15.3. The van der Waals surface area contributed by atoms with Gasteiger partial charge in [-0.05, 0) is 32.3 Å². The summed E-state index contributed by atoms with van der Waals surface area (Å²) in [5, 5.41) is 4.38. The first-order chi connectivity index (χ1) is 13.2. The number of H-pyrrole nitrogens is 1. The molecule has 0 saturated carbocycles. The molecule has 2 aliphatic heterocycles. The molecule has 0 unspecified atom stereocenters. The van der Waals surface area contributed by atoms with E-state index in [1.807, 2.05) is 31.3 Å². The van der Waals surface area contributed by atoms with Crippen molar-refractivity contribution in [1.29, 1.82) is 0 Å². The van der Waals surface area contributed by atoms with Crippen molar-refractivity contribution in [3.05, 3.63) is 58.1 Å². The van der Waals surface area contributed by atoms with Crippen molar-refractivity contribution in [2.24, 2.45) is 4.99 Å². The molecule has 0 radical (unpaired) electrons. The number of fused-ring (bicyclic) bond motifs is 2. The van der Waals surface area contributed by atoms with Crippen molar-refractivity contribution in [3.63, 3.8) is 0 Å². The Morgan fingerprint density at radius 2 is 1.96 bits per heavy atom. The first kappa shape index (κ1) is 16.1. The molecule has 4 heterocycles. The third-order valence-corrected chi connectivity index (χ3v) is 5.35. The maximum Gasteiger partial charge on any atom is 0.257 e. The smallest absolute Gasteiger partial charge is 0.257 e. The summed E-state index contributed by atoms with van der Waals surface area (Å²) in [5.41, 5.74) is 2.63. The van der Waals surface area contributed by atoms with Crippen molar-refractivity contribution in [2.75, 3.05) is 18.4 Å². The average Bonchev–Trinajstić information content (AvgIpc) is 3.11. The van der Waals surface area contributed by atoms with Crippen molar-refractivity contribution >= 4 is 22.8 Å². The normalized spacial score (nSPS) is 19.5. The van der Waals surface area contributed by atoms with Gasteiger partial charge in [0.2, 0.25) is 11.9 Å². The van der Waals surface area contributed by atoms with Gasteiger partial charge >= 0.3 is 0 Å². The number of aromatic amines is 1. The maximum absolute atomic E-state index is 12.8. The molecule has 3 aromatic rings. The number of para-hydroxylation sites is 1. The van der Waals surface area contributed by atoms with Gasteiger partial charge in [-0.15, -0.1) is 0 Å². The summed E-state index contributed by atoms with van der Waals surface area (Å²) in [5.74, 6) is 1.37. The van der Waals surface area contributed by atoms with E-state index >= 15 is 0 Å². The van der Waals surface area contributed by atoms with Crippen LogP contribution in [-0.2, 0) is 0 Å². The number of aryl methyl sites for hydroxylation is 1. The van der Waals surface area contributed by atoms with Gasteiger partial charge in [-0.25, -0.2) is 9.98 Å². The standard InChI is InChI=1S/C20H22N6O/c1-13-11-17(27)26-18(15-12-21-16-8-4-3-7-14(15)16)23-19(24-20(26)22-13)25-9-5-2-6-10-25/h3-4,7-8,11-12,18,21H,2,5-6,9-10H2,1H3,(H,22,23,24)/t18-/m0/s1. The highest BCUT2D eigenvalue weighted by Gasteiger charge is 2.29. The molecule has 7 nitrogen and oxygen atoms in total. The summed E-state index contributed by atoms with van der Waals surface area (Å²) in [7, 11) is 0. The second-order valence-corrected chi connectivity index (χ2v) is 7.22. The Morgan fingerprint density at radius 1 is 1.15 bits per heavy atom. The third kappa shape index (κ3) is 2.70. The number of aromatic nitrogens is 3. The van der Waals surface area contributed by atoms with E-state index in [9.17, 15) is 4.79 Å². The number of benzene rings is 1. The second-order valence-electron chi connectivity index (χ2n) is 7.22. The molecular formula is C20H22N6O. The van der Waals surface area contributed by atoms with Gasteiger partial charge in [0.05, 0.1) is 0 Å². The molecule has 7 heteroatoms. The number of rotatable bonds is 1. The van der Waals surface area contributed by atoms with Crippen LogP contribution in [0.25, 0.3) is 10.9 Å². The fourth-order valence-electron chi connectivity index (χ4n) is 4.02. The number of hydrogen-bond donors (Lipinski definition) is 2. The van der Waals surface area contributed by atoms with E-state index in [0.717, 1.165) is 48.4 Å². The molecule has 138 valence electrons. The Morgan fingerprint density at radius 3 is 2.81 bits per heavy atom. The van der Waals surface area contributed by atoms with E-state index in [-0.39, 0.29) is 5.56 Å². The molecule has 1 saturated heterocycles. The molecular weight excluding hydrogens is 340 g/mol. The van der Waals surface area contributed by atoms with Crippen molar-refractivity contribution in [2.45, 2.75) is 32.4 Å². The molecule has 0 aliphatic carbocycles. The first-order valence-electron chi connectivity index (χ1n) is 9.47. The maximum atomic E-state index is 12.8. The van der Waals surface area contributed by atoms with Crippen LogP contribution in [0.3, 0.4) is 0 Å². The van der Waals surface area contributed by atoms with Gasteiger partial charge in [-0.2, -0.15) is 0 Å². The van der Waals surface area contributed by atoms with Gasteiger partial charge in [0.1, 0.15) is 0 Å². The Hall–Kier alpha value is -3.09. The molecule has 2 N–H and O–H groups in total. The molecule has 0 amide bonds. The minimum absolute atomic E-state index is 0.0956. The molecule has 2 aliphatic rings. The minimum Gasteiger partial charge on any atom is -0.361 e. The Balaban J connectivity index is 1.69. The lowest BCUT2D eigenvalue weighted by Gasteiger charge is -2.34. The fourth-order valence-corrected chi connectivity index (χ4v) is 4.02. The highest BCUT2D eigenvalue weighted by atomic mass is 16.1. The lowest BCUT2D eigenvalue weighted by atomic mass is 10.1. The third-order valence-electron chi connectivity index (χ3n) is 5.35. The summed E-state index contributed by atoms with van der Waals surface area (Å²) in [4.78, 5) is 27.9. The largest absolute Gasteiger partial charge is 0.361 e. The van der Waals surface area contributed by atoms with Gasteiger partial charge in [-0.3, -0.25) is 14.7 Å². The highest BCUT2D eigenvalue weighted by molar-refractivity contribution is 5.94. The van der Waals surface area contributed by atoms with Crippen molar-refractivity contribution in [3.8, 4) is 0 Å². The number of aliphatic imine (C=N–C) groups is 1. The van der Waals surface area contributed by atoms with Crippen LogP contribution < -0.4 is 10.9 Å². The van der Waals surface area contributed by atoms with E-state index in [0.29, 0.717) is 11.6 Å².